The van der Waals surface area contributed by atoms with Crippen LogP contribution in [0.25, 0.3) is 0 Å². The van der Waals surface area contributed by atoms with Crippen molar-refractivity contribution in [1.82, 2.24) is 0 Å². The van der Waals surface area contributed by atoms with Gasteiger partial charge in [0.2, 0.25) is 0 Å². The molecule has 0 amide bonds. The van der Waals surface area contributed by atoms with Crippen LogP contribution in [-0.4, -0.2) is 37.1 Å². The second-order valence-corrected chi connectivity index (χ2v) is 4.09. The van der Waals surface area contributed by atoms with Crippen LogP contribution in [0.4, 0.5) is 0 Å². The number of methoxy groups -OCH3 is 2. The topological polar surface area (TPSA) is 58.9 Å². The highest BCUT2D eigenvalue weighted by Crippen LogP contribution is 2.31. The van der Waals surface area contributed by atoms with Gasteiger partial charge in [0, 0.05) is 0 Å². The normalized spacial score (nSPS) is 14.2. The van der Waals surface area contributed by atoms with Gasteiger partial charge < -0.3 is 19.7 Å². The van der Waals surface area contributed by atoms with Gasteiger partial charge in [-0.15, -0.1) is 0 Å². The van der Waals surface area contributed by atoms with E-state index in [9.17, 15) is 5.11 Å². The van der Waals surface area contributed by atoms with Gasteiger partial charge in [-0.05, 0) is 30.0 Å². The summed E-state index contributed by atoms with van der Waals surface area (Å²) in [6.07, 6.45) is -0.162. The van der Waals surface area contributed by atoms with E-state index in [0.717, 1.165) is 5.56 Å². The molecule has 0 bridgehead atoms. The Hall–Kier alpha value is -1.26. The number of benzene rings is 1. The Morgan fingerprint density at radius 1 is 1.18 bits per heavy atom. The van der Waals surface area contributed by atoms with Crippen molar-refractivity contribution in [2.75, 3.05) is 20.8 Å². The van der Waals surface area contributed by atoms with Gasteiger partial charge >= 0.3 is 0 Å². The summed E-state index contributed by atoms with van der Waals surface area (Å²) in [7, 11) is 3.19. The maximum atomic E-state index is 9.41. The van der Waals surface area contributed by atoms with Crippen molar-refractivity contribution in [3.05, 3.63) is 23.8 Å². The van der Waals surface area contributed by atoms with Crippen molar-refractivity contribution in [3.8, 4) is 11.5 Å². The van der Waals surface area contributed by atoms with Crippen molar-refractivity contribution in [1.29, 1.82) is 0 Å². The SMILES string of the molecule is COc1ccc(C(C)CC(O)CO)cc1OC. The summed E-state index contributed by atoms with van der Waals surface area (Å²) in [5.74, 6) is 1.51. The summed E-state index contributed by atoms with van der Waals surface area (Å²) < 4.78 is 10.4. The third kappa shape index (κ3) is 3.61. The number of rotatable bonds is 6. The third-order valence-electron chi connectivity index (χ3n) is 2.81. The fourth-order valence-electron chi connectivity index (χ4n) is 1.78. The molecule has 2 N–H and O–H groups in total. The molecule has 2 atom stereocenters. The van der Waals surface area contributed by atoms with Gasteiger partial charge in [-0.3, -0.25) is 0 Å². The first-order valence-electron chi connectivity index (χ1n) is 5.63. The van der Waals surface area contributed by atoms with Crippen LogP contribution in [0.2, 0.25) is 0 Å². The van der Waals surface area contributed by atoms with Gasteiger partial charge in [0.25, 0.3) is 0 Å². The monoisotopic (exact) mass is 240 g/mol. The average Bonchev–Trinajstić information content (AvgIpc) is 2.37. The van der Waals surface area contributed by atoms with E-state index >= 15 is 0 Å². The summed E-state index contributed by atoms with van der Waals surface area (Å²) >= 11 is 0. The third-order valence-corrected chi connectivity index (χ3v) is 2.81. The largest absolute Gasteiger partial charge is 0.493 e. The fourth-order valence-corrected chi connectivity index (χ4v) is 1.78. The number of aliphatic hydroxyl groups is 2. The van der Waals surface area contributed by atoms with E-state index in [-0.39, 0.29) is 12.5 Å². The van der Waals surface area contributed by atoms with E-state index in [0.29, 0.717) is 17.9 Å². The quantitative estimate of drug-likeness (QED) is 0.792. The van der Waals surface area contributed by atoms with E-state index in [1.165, 1.54) is 0 Å². The molecule has 4 heteroatoms. The Kier molecular flexibility index (Phi) is 5.25. The Morgan fingerprint density at radius 3 is 2.35 bits per heavy atom. The molecule has 0 radical (unpaired) electrons. The Morgan fingerprint density at radius 2 is 1.82 bits per heavy atom. The van der Waals surface area contributed by atoms with E-state index in [4.69, 9.17) is 14.6 Å². The highest BCUT2D eigenvalue weighted by atomic mass is 16.5. The molecule has 1 aromatic rings. The van der Waals surface area contributed by atoms with Crippen LogP contribution in [0, 0.1) is 0 Å². The van der Waals surface area contributed by atoms with Crippen LogP contribution in [0.1, 0.15) is 24.8 Å². The molecule has 0 aliphatic carbocycles. The standard InChI is InChI=1S/C13H20O4/c1-9(6-11(15)8-14)10-4-5-12(16-2)13(7-10)17-3/h4-5,7,9,11,14-15H,6,8H2,1-3H3. The first-order chi connectivity index (χ1) is 8.12. The van der Waals surface area contributed by atoms with Gasteiger partial charge in [0.1, 0.15) is 0 Å². The molecule has 0 heterocycles. The zero-order valence-corrected chi connectivity index (χ0v) is 10.5. The number of ether oxygens (including phenoxy) is 2. The average molecular weight is 240 g/mol. The number of hydrogen-bond acceptors (Lipinski definition) is 4. The summed E-state index contributed by atoms with van der Waals surface area (Å²) in [6, 6.07) is 5.68. The first kappa shape index (κ1) is 13.8. The van der Waals surface area contributed by atoms with Crippen molar-refractivity contribution in [3.63, 3.8) is 0 Å². The predicted molar refractivity (Wildman–Crippen MR) is 65.7 cm³/mol. The molecule has 17 heavy (non-hydrogen) atoms. The van der Waals surface area contributed by atoms with Crippen molar-refractivity contribution in [2.45, 2.75) is 25.4 Å². The minimum atomic E-state index is -0.682. The molecule has 0 fully saturated rings. The second-order valence-electron chi connectivity index (χ2n) is 4.09. The fraction of sp³-hybridized carbons (Fsp3) is 0.538. The molecule has 2 unspecified atom stereocenters. The van der Waals surface area contributed by atoms with Gasteiger partial charge in [-0.1, -0.05) is 13.0 Å². The maximum absolute atomic E-state index is 9.41. The number of hydrogen-bond donors (Lipinski definition) is 2. The molecule has 0 saturated heterocycles. The minimum absolute atomic E-state index is 0.150. The van der Waals surface area contributed by atoms with E-state index < -0.39 is 6.10 Å². The van der Waals surface area contributed by atoms with Gasteiger partial charge in [0.15, 0.2) is 11.5 Å². The Balaban J connectivity index is 2.84. The molecular weight excluding hydrogens is 220 g/mol. The summed E-state index contributed by atoms with van der Waals surface area (Å²) in [4.78, 5) is 0. The van der Waals surface area contributed by atoms with Crippen LogP contribution >= 0.6 is 0 Å². The minimum Gasteiger partial charge on any atom is -0.493 e. The lowest BCUT2D eigenvalue weighted by atomic mass is 9.95. The highest BCUT2D eigenvalue weighted by molar-refractivity contribution is 5.43. The summed E-state index contributed by atoms with van der Waals surface area (Å²) in [5, 5.41) is 18.2. The van der Waals surface area contributed by atoms with E-state index in [1.807, 2.05) is 25.1 Å². The van der Waals surface area contributed by atoms with Gasteiger partial charge in [-0.2, -0.15) is 0 Å². The molecule has 96 valence electrons. The summed E-state index contributed by atoms with van der Waals surface area (Å²) in [5.41, 5.74) is 1.05. The zero-order chi connectivity index (χ0) is 12.8. The Bertz CT molecular complexity index is 351. The smallest absolute Gasteiger partial charge is 0.160 e. The lowest BCUT2D eigenvalue weighted by Gasteiger charge is -2.17. The molecule has 1 aromatic carbocycles. The summed E-state index contributed by atoms with van der Waals surface area (Å²) in [6.45, 7) is 1.79. The van der Waals surface area contributed by atoms with E-state index in [1.54, 1.807) is 14.2 Å². The van der Waals surface area contributed by atoms with Crippen LogP contribution in [0.5, 0.6) is 11.5 Å². The van der Waals surface area contributed by atoms with Crippen LogP contribution in [-0.2, 0) is 0 Å². The van der Waals surface area contributed by atoms with Gasteiger partial charge in [-0.25, -0.2) is 0 Å². The van der Waals surface area contributed by atoms with Crippen LogP contribution in [0.3, 0.4) is 0 Å². The highest BCUT2D eigenvalue weighted by Gasteiger charge is 2.13. The van der Waals surface area contributed by atoms with Crippen molar-refractivity contribution >= 4 is 0 Å². The molecular formula is C13H20O4. The molecule has 0 aromatic heterocycles. The predicted octanol–water partition coefficient (Wildman–Crippen LogP) is 1.55. The van der Waals surface area contributed by atoms with Crippen LogP contribution < -0.4 is 9.47 Å². The lowest BCUT2D eigenvalue weighted by molar-refractivity contribution is 0.0835. The zero-order valence-electron chi connectivity index (χ0n) is 10.5. The second kappa shape index (κ2) is 6.47. The van der Waals surface area contributed by atoms with Crippen molar-refractivity contribution < 1.29 is 19.7 Å². The maximum Gasteiger partial charge on any atom is 0.160 e. The molecule has 1 rings (SSSR count). The molecule has 0 saturated carbocycles. The molecule has 0 aliphatic heterocycles. The molecule has 4 nitrogen and oxygen atoms in total. The number of aliphatic hydroxyl groups excluding tert-OH is 2. The van der Waals surface area contributed by atoms with Gasteiger partial charge in [0.05, 0.1) is 26.9 Å². The molecule has 0 spiro atoms. The molecule has 0 aliphatic rings. The van der Waals surface area contributed by atoms with E-state index in [2.05, 4.69) is 0 Å². The van der Waals surface area contributed by atoms with Crippen molar-refractivity contribution in [2.24, 2.45) is 0 Å². The Labute approximate surface area is 102 Å². The first-order valence-corrected chi connectivity index (χ1v) is 5.63. The van der Waals surface area contributed by atoms with Crippen LogP contribution in [0.15, 0.2) is 18.2 Å². The lowest BCUT2D eigenvalue weighted by Crippen LogP contribution is -2.15.